The van der Waals surface area contributed by atoms with Crippen molar-refractivity contribution in [1.82, 2.24) is 29.7 Å². The maximum atomic E-state index is 13.1. The molecule has 1 fully saturated rings. The van der Waals surface area contributed by atoms with Gasteiger partial charge in [-0.15, -0.1) is 0 Å². The first kappa shape index (κ1) is 26.9. The minimum atomic E-state index is -0.354. The molecule has 0 saturated carbocycles. The number of para-hydroxylation sites is 1. The molecular formula is C28H29ClN8O3. The van der Waals surface area contributed by atoms with E-state index in [2.05, 4.69) is 20.6 Å². The van der Waals surface area contributed by atoms with Crippen molar-refractivity contribution in [1.29, 1.82) is 0 Å². The van der Waals surface area contributed by atoms with E-state index in [0.29, 0.717) is 43.6 Å². The van der Waals surface area contributed by atoms with Crippen LogP contribution in [0.25, 0.3) is 5.95 Å². The van der Waals surface area contributed by atoms with Crippen molar-refractivity contribution in [3.8, 4) is 11.7 Å². The predicted molar refractivity (Wildman–Crippen MR) is 152 cm³/mol. The molecule has 206 valence electrons. The zero-order chi connectivity index (χ0) is 27.9. The molecule has 1 atom stereocenters. The van der Waals surface area contributed by atoms with Crippen molar-refractivity contribution in [2.75, 3.05) is 37.0 Å². The summed E-state index contributed by atoms with van der Waals surface area (Å²) in [5, 5.41) is 6.19. The van der Waals surface area contributed by atoms with Crippen LogP contribution in [-0.4, -0.2) is 69.1 Å². The standard InChI is InChI=1S/C28H29ClN8O3/c1-40-23-9-7-20(8-10-23)17-31-26(38)15-22-18-35(28(39)32-21-5-3-2-4-6-21)13-14-37(22)25-16-24(29)33-27(34-25)36-12-11-30-19-36/h2-12,16,19,22H,13-15,17-18H2,1H3,(H,31,38)(H,32,39). The van der Waals surface area contributed by atoms with Gasteiger partial charge in [0.25, 0.3) is 0 Å². The number of imidazole rings is 1. The minimum Gasteiger partial charge on any atom is -0.497 e. The molecule has 2 aromatic carbocycles. The highest BCUT2D eigenvalue weighted by molar-refractivity contribution is 6.29. The van der Waals surface area contributed by atoms with Gasteiger partial charge in [-0.3, -0.25) is 9.36 Å². The number of urea groups is 1. The second-order valence-electron chi connectivity index (χ2n) is 9.24. The Balaban J connectivity index is 1.33. The van der Waals surface area contributed by atoms with Crippen LogP contribution in [-0.2, 0) is 11.3 Å². The summed E-state index contributed by atoms with van der Waals surface area (Å²) in [5.41, 5.74) is 1.65. The number of aromatic nitrogens is 4. The predicted octanol–water partition coefficient (Wildman–Crippen LogP) is 3.75. The van der Waals surface area contributed by atoms with E-state index in [9.17, 15) is 9.59 Å². The number of piperazine rings is 1. The molecular weight excluding hydrogens is 532 g/mol. The third-order valence-electron chi connectivity index (χ3n) is 6.56. The van der Waals surface area contributed by atoms with Gasteiger partial charge < -0.3 is 25.2 Å². The maximum Gasteiger partial charge on any atom is 0.321 e. The quantitative estimate of drug-likeness (QED) is 0.315. The van der Waals surface area contributed by atoms with E-state index in [1.807, 2.05) is 59.5 Å². The van der Waals surface area contributed by atoms with Crippen LogP contribution in [0.15, 0.2) is 79.4 Å². The van der Waals surface area contributed by atoms with Gasteiger partial charge in [-0.05, 0) is 29.8 Å². The van der Waals surface area contributed by atoms with Crippen LogP contribution >= 0.6 is 11.6 Å². The van der Waals surface area contributed by atoms with Crippen LogP contribution in [0.2, 0.25) is 5.15 Å². The average molecular weight is 561 g/mol. The van der Waals surface area contributed by atoms with Crippen LogP contribution in [0.3, 0.4) is 0 Å². The topological polar surface area (TPSA) is 118 Å². The van der Waals surface area contributed by atoms with Gasteiger partial charge in [-0.2, -0.15) is 4.98 Å². The number of hydrogen-bond acceptors (Lipinski definition) is 7. The van der Waals surface area contributed by atoms with E-state index in [-0.39, 0.29) is 29.6 Å². The van der Waals surface area contributed by atoms with Gasteiger partial charge in [0.05, 0.1) is 13.2 Å². The Morgan fingerprint density at radius 1 is 1.07 bits per heavy atom. The lowest BCUT2D eigenvalue weighted by Gasteiger charge is -2.42. The minimum absolute atomic E-state index is 0.146. The summed E-state index contributed by atoms with van der Waals surface area (Å²) in [6, 6.07) is 17.9. The molecule has 5 rings (SSSR count). The Kier molecular flexibility index (Phi) is 8.41. The zero-order valence-corrected chi connectivity index (χ0v) is 22.7. The fourth-order valence-corrected chi connectivity index (χ4v) is 4.68. The van der Waals surface area contributed by atoms with E-state index in [1.54, 1.807) is 41.4 Å². The molecule has 3 heterocycles. The fraction of sp³-hybridized carbons (Fsp3) is 0.250. The molecule has 4 aromatic rings. The van der Waals surface area contributed by atoms with E-state index < -0.39 is 0 Å². The monoisotopic (exact) mass is 560 g/mol. The Hall–Kier alpha value is -4.64. The molecule has 0 aliphatic carbocycles. The molecule has 1 unspecified atom stereocenters. The van der Waals surface area contributed by atoms with Gasteiger partial charge in [0.1, 0.15) is 23.0 Å². The highest BCUT2D eigenvalue weighted by atomic mass is 35.5. The summed E-state index contributed by atoms with van der Waals surface area (Å²) >= 11 is 6.37. The lowest BCUT2D eigenvalue weighted by atomic mass is 10.1. The Labute approximate surface area is 236 Å². The highest BCUT2D eigenvalue weighted by Gasteiger charge is 2.32. The average Bonchev–Trinajstić information content (AvgIpc) is 3.52. The molecule has 0 radical (unpaired) electrons. The Morgan fingerprint density at radius 3 is 2.60 bits per heavy atom. The smallest absolute Gasteiger partial charge is 0.321 e. The summed E-state index contributed by atoms with van der Waals surface area (Å²) in [6.45, 7) is 1.58. The van der Waals surface area contributed by atoms with E-state index in [1.165, 1.54) is 0 Å². The number of carbonyl (C=O) groups is 2. The normalized spacial score (nSPS) is 15.0. The summed E-state index contributed by atoms with van der Waals surface area (Å²) in [5.74, 6) is 1.54. The number of hydrogen-bond donors (Lipinski definition) is 2. The fourth-order valence-electron chi connectivity index (χ4n) is 4.50. The Morgan fingerprint density at radius 2 is 1.88 bits per heavy atom. The number of nitrogens with zero attached hydrogens (tertiary/aromatic N) is 6. The molecule has 2 N–H and O–H groups in total. The number of methoxy groups -OCH3 is 1. The summed E-state index contributed by atoms with van der Waals surface area (Å²) in [6.07, 6.45) is 5.09. The summed E-state index contributed by atoms with van der Waals surface area (Å²) < 4.78 is 6.86. The van der Waals surface area contributed by atoms with E-state index in [4.69, 9.17) is 21.3 Å². The number of ether oxygens (including phenoxy) is 1. The molecule has 0 spiro atoms. The van der Waals surface area contributed by atoms with Crippen LogP contribution in [0, 0.1) is 0 Å². The van der Waals surface area contributed by atoms with Gasteiger partial charge in [0, 0.05) is 56.7 Å². The number of carbonyl (C=O) groups excluding carboxylic acids is 2. The first-order chi connectivity index (χ1) is 19.5. The van der Waals surface area contributed by atoms with Crippen LogP contribution < -0.4 is 20.3 Å². The largest absolute Gasteiger partial charge is 0.497 e. The zero-order valence-electron chi connectivity index (χ0n) is 21.9. The number of nitrogens with one attached hydrogen (secondary N) is 2. The number of halogens is 1. The maximum absolute atomic E-state index is 13.1. The van der Waals surface area contributed by atoms with Crippen LogP contribution in [0.4, 0.5) is 16.3 Å². The van der Waals surface area contributed by atoms with Crippen molar-refractivity contribution in [3.63, 3.8) is 0 Å². The molecule has 1 saturated heterocycles. The van der Waals surface area contributed by atoms with E-state index >= 15 is 0 Å². The third-order valence-corrected chi connectivity index (χ3v) is 6.76. The number of amides is 3. The van der Waals surface area contributed by atoms with Crippen molar-refractivity contribution in [3.05, 3.63) is 90.1 Å². The SMILES string of the molecule is COc1ccc(CNC(=O)CC2CN(C(=O)Nc3ccccc3)CCN2c2cc(Cl)nc(-n3ccnc3)n2)cc1. The van der Waals surface area contributed by atoms with Gasteiger partial charge in [0.2, 0.25) is 11.9 Å². The molecule has 1 aliphatic rings. The van der Waals surface area contributed by atoms with Gasteiger partial charge in [-0.1, -0.05) is 41.9 Å². The molecule has 12 heteroatoms. The first-order valence-corrected chi connectivity index (χ1v) is 13.2. The van der Waals surface area contributed by atoms with Crippen LogP contribution in [0.5, 0.6) is 5.75 Å². The van der Waals surface area contributed by atoms with Gasteiger partial charge in [-0.25, -0.2) is 14.8 Å². The van der Waals surface area contributed by atoms with Crippen molar-refractivity contribution >= 4 is 35.0 Å². The number of anilines is 2. The molecule has 0 bridgehead atoms. The second-order valence-corrected chi connectivity index (χ2v) is 9.62. The lowest BCUT2D eigenvalue weighted by Crippen LogP contribution is -2.57. The van der Waals surface area contributed by atoms with Crippen LogP contribution in [0.1, 0.15) is 12.0 Å². The molecule has 40 heavy (non-hydrogen) atoms. The first-order valence-electron chi connectivity index (χ1n) is 12.8. The molecule has 1 aliphatic heterocycles. The lowest BCUT2D eigenvalue weighted by molar-refractivity contribution is -0.121. The number of benzene rings is 2. The highest BCUT2D eigenvalue weighted by Crippen LogP contribution is 2.25. The third kappa shape index (κ3) is 6.67. The van der Waals surface area contributed by atoms with Crippen molar-refractivity contribution in [2.45, 2.75) is 19.0 Å². The van der Waals surface area contributed by atoms with Crippen molar-refractivity contribution < 1.29 is 14.3 Å². The Bertz CT molecular complexity index is 1430. The second kappa shape index (κ2) is 12.5. The molecule has 3 amide bonds. The van der Waals surface area contributed by atoms with Crippen molar-refractivity contribution in [2.24, 2.45) is 0 Å². The van der Waals surface area contributed by atoms with E-state index in [0.717, 1.165) is 11.3 Å². The summed E-state index contributed by atoms with van der Waals surface area (Å²) in [4.78, 5) is 43.0. The van der Waals surface area contributed by atoms with Gasteiger partial charge >= 0.3 is 6.03 Å². The number of rotatable bonds is 8. The molecule has 2 aromatic heterocycles. The van der Waals surface area contributed by atoms with Gasteiger partial charge in [0.15, 0.2) is 0 Å². The molecule has 11 nitrogen and oxygen atoms in total. The summed E-state index contributed by atoms with van der Waals surface area (Å²) in [7, 11) is 1.61.